The lowest BCUT2D eigenvalue weighted by atomic mass is 10.1. The Morgan fingerprint density at radius 3 is 2.57 bits per heavy atom. The van der Waals surface area contributed by atoms with Crippen molar-refractivity contribution in [2.24, 2.45) is 7.05 Å². The number of Topliss-reactive ketones (excluding diaryl/α,β-unsaturated/α-hetero) is 1. The van der Waals surface area contributed by atoms with Gasteiger partial charge in [-0.15, -0.1) is 0 Å². The van der Waals surface area contributed by atoms with Crippen LogP contribution in [0.2, 0.25) is 0 Å². The molecule has 0 N–H and O–H groups in total. The molecule has 1 aromatic heterocycles. The first-order valence-corrected chi connectivity index (χ1v) is 4.69. The van der Waals surface area contributed by atoms with Crippen LogP contribution in [0.1, 0.15) is 28.7 Å². The number of hydrogen-bond donors (Lipinski definition) is 0. The Morgan fingerprint density at radius 1 is 1.50 bits per heavy atom. The predicted molar refractivity (Wildman–Crippen MR) is 53.5 cm³/mol. The molecule has 0 saturated heterocycles. The van der Waals surface area contributed by atoms with Crippen molar-refractivity contribution < 1.29 is 9.53 Å². The summed E-state index contributed by atoms with van der Waals surface area (Å²) < 4.78 is 6.80. The van der Waals surface area contributed by atoms with Gasteiger partial charge in [0.1, 0.15) is 6.61 Å². The highest BCUT2D eigenvalue weighted by molar-refractivity contribution is 5.99. The molecule has 0 atom stereocenters. The van der Waals surface area contributed by atoms with E-state index in [1.807, 2.05) is 27.8 Å². The SMILES string of the molecule is CCOCC(=O)c1c(C)nn(C)c1C. The van der Waals surface area contributed by atoms with Gasteiger partial charge in [-0.2, -0.15) is 5.10 Å². The number of aromatic nitrogens is 2. The summed E-state index contributed by atoms with van der Waals surface area (Å²) >= 11 is 0. The molecule has 0 aliphatic rings. The van der Waals surface area contributed by atoms with E-state index in [-0.39, 0.29) is 12.4 Å². The Bertz CT molecular complexity index is 342. The van der Waals surface area contributed by atoms with E-state index in [1.54, 1.807) is 4.68 Å². The molecule has 4 nitrogen and oxygen atoms in total. The third-order valence-electron chi connectivity index (χ3n) is 2.23. The minimum Gasteiger partial charge on any atom is -0.374 e. The summed E-state index contributed by atoms with van der Waals surface area (Å²) in [6.45, 7) is 6.30. The van der Waals surface area contributed by atoms with Crippen LogP contribution >= 0.6 is 0 Å². The quantitative estimate of drug-likeness (QED) is 0.681. The number of carbonyl (C=O) groups excluding carboxylic acids is 1. The summed E-state index contributed by atoms with van der Waals surface area (Å²) in [5, 5.41) is 4.18. The van der Waals surface area contributed by atoms with Crippen LogP contribution in [0.3, 0.4) is 0 Å². The van der Waals surface area contributed by atoms with Gasteiger partial charge < -0.3 is 4.74 Å². The maximum absolute atomic E-state index is 11.7. The molecule has 0 fully saturated rings. The van der Waals surface area contributed by atoms with Crippen LogP contribution in [0.25, 0.3) is 0 Å². The molecule has 0 spiro atoms. The highest BCUT2D eigenvalue weighted by Crippen LogP contribution is 2.12. The molecule has 1 aromatic rings. The van der Waals surface area contributed by atoms with Gasteiger partial charge >= 0.3 is 0 Å². The molecule has 0 amide bonds. The molecule has 0 aromatic carbocycles. The van der Waals surface area contributed by atoms with Crippen LogP contribution in [0, 0.1) is 13.8 Å². The van der Waals surface area contributed by atoms with Crippen molar-refractivity contribution in [3.8, 4) is 0 Å². The van der Waals surface area contributed by atoms with E-state index >= 15 is 0 Å². The van der Waals surface area contributed by atoms with Crippen LogP contribution in [0.4, 0.5) is 0 Å². The van der Waals surface area contributed by atoms with Crippen molar-refractivity contribution >= 4 is 5.78 Å². The summed E-state index contributed by atoms with van der Waals surface area (Å²) in [4.78, 5) is 11.7. The molecule has 0 bridgehead atoms. The van der Waals surface area contributed by atoms with Crippen LogP contribution in [0.5, 0.6) is 0 Å². The van der Waals surface area contributed by atoms with Crippen molar-refractivity contribution in [3.63, 3.8) is 0 Å². The average molecular weight is 196 g/mol. The minimum atomic E-state index is 0.00921. The van der Waals surface area contributed by atoms with E-state index in [2.05, 4.69) is 5.10 Å². The van der Waals surface area contributed by atoms with E-state index < -0.39 is 0 Å². The number of hydrogen-bond acceptors (Lipinski definition) is 3. The van der Waals surface area contributed by atoms with Gasteiger partial charge in [0.05, 0.1) is 11.3 Å². The smallest absolute Gasteiger partial charge is 0.192 e. The fraction of sp³-hybridized carbons (Fsp3) is 0.600. The Balaban J connectivity index is 2.89. The molecule has 0 aliphatic carbocycles. The van der Waals surface area contributed by atoms with Gasteiger partial charge in [-0.05, 0) is 20.8 Å². The first-order valence-electron chi connectivity index (χ1n) is 4.69. The molecule has 1 heterocycles. The third kappa shape index (κ3) is 2.01. The number of aryl methyl sites for hydroxylation is 2. The van der Waals surface area contributed by atoms with Crippen molar-refractivity contribution in [2.75, 3.05) is 13.2 Å². The van der Waals surface area contributed by atoms with Gasteiger partial charge in [-0.25, -0.2) is 0 Å². The van der Waals surface area contributed by atoms with Gasteiger partial charge in [-0.1, -0.05) is 0 Å². The molecule has 0 radical (unpaired) electrons. The second-order valence-corrected chi connectivity index (χ2v) is 3.23. The monoisotopic (exact) mass is 196 g/mol. The topological polar surface area (TPSA) is 44.1 Å². The third-order valence-corrected chi connectivity index (χ3v) is 2.23. The van der Waals surface area contributed by atoms with Gasteiger partial charge in [0.15, 0.2) is 5.78 Å². The summed E-state index contributed by atoms with van der Waals surface area (Å²) in [5.41, 5.74) is 2.36. The fourth-order valence-electron chi connectivity index (χ4n) is 1.44. The number of ether oxygens (including phenoxy) is 1. The van der Waals surface area contributed by atoms with E-state index in [0.29, 0.717) is 12.2 Å². The summed E-state index contributed by atoms with van der Waals surface area (Å²) in [7, 11) is 1.83. The van der Waals surface area contributed by atoms with Crippen molar-refractivity contribution in [1.82, 2.24) is 9.78 Å². The number of ketones is 1. The molecule has 14 heavy (non-hydrogen) atoms. The Morgan fingerprint density at radius 2 is 2.14 bits per heavy atom. The maximum Gasteiger partial charge on any atom is 0.192 e. The summed E-state index contributed by atoms with van der Waals surface area (Å²) in [5.74, 6) is 0.00921. The highest BCUT2D eigenvalue weighted by atomic mass is 16.5. The molecule has 78 valence electrons. The Labute approximate surface area is 83.9 Å². The molecule has 0 unspecified atom stereocenters. The average Bonchev–Trinajstić information content (AvgIpc) is 2.38. The van der Waals surface area contributed by atoms with Crippen LogP contribution in [-0.2, 0) is 11.8 Å². The molecule has 0 saturated carbocycles. The Hall–Kier alpha value is -1.16. The van der Waals surface area contributed by atoms with Gasteiger partial charge in [0, 0.05) is 19.3 Å². The van der Waals surface area contributed by atoms with Gasteiger partial charge in [-0.3, -0.25) is 9.48 Å². The summed E-state index contributed by atoms with van der Waals surface area (Å²) in [6, 6.07) is 0. The Kier molecular flexibility index (Phi) is 3.41. The van der Waals surface area contributed by atoms with E-state index in [0.717, 1.165) is 11.4 Å². The van der Waals surface area contributed by atoms with Crippen LogP contribution in [-0.4, -0.2) is 28.8 Å². The van der Waals surface area contributed by atoms with Crippen molar-refractivity contribution in [1.29, 1.82) is 0 Å². The second-order valence-electron chi connectivity index (χ2n) is 3.23. The fourth-order valence-corrected chi connectivity index (χ4v) is 1.44. The molecule has 1 rings (SSSR count). The van der Waals surface area contributed by atoms with E-state index in [4.69, 9.17) is 4.74 Å². The van der Waals surface area contributed by atoms with E-state index in [9.17, 15) is 4.79 Å². The van der Waals surface area contributed by atoms with Crippen LogP contribution in [0.15, 0.2) is 0 Å². The molecule has 4 heteroatoms. The minimum absolute atomic E-state index is 0.00921. The number of carbonyl (C=O) groups is 1. The maximum atomic E-state index is 11.7. The zero-order chi connectivity index (χ0) is 10.7. The van der Waals surface area contributed by atoms with Gasteiger partial charge in [0.2, 0.25) is 0 Å². The predicted octanol–water partition coefficient (Wildman–Crippen LogP) is 1.26. The standard InChI is InChI=1S/C10H16N2O2/c1-5-14-6-9(13)10-7(2)11-12(4)8(10)3/h5-6H2,1-4H3. The second kappa shape index (κ2) is 4.37. The highest BCUT2D eigenvalue weighted by Gasteiger charge is 2.16. The lowest BCUT2D eigenvalue weighted by Gasteiger charge is -2.01. The zero-order valence-corrected chi connectivity index (χ0v) is 9.13. The first-order chi connectivity index (χ1) is 6.57. The molecular weight excluding hydrogens is 180 g/mol. The molecule has 0 aliphatic heterocycles. The lowest BCUT2D eigenvalue weighted by molar-refractivity contribution is 0.0782. The largest absolute Gasteiger partial charge is 0.374 e. The van der Waals surface area contributed by atoms with Crippen molar-refractivity contribution in [2.45, 2.75) is 20.8 Å². The summed E-state index contributed by atoms with van der Waals surface area (Å²) in [6.07, 6.45) is 0. The first kappa shape index (κ1) is 10.9. The normalized spacial score (nSPS) is 10.6. The van der Waals surface area contributed by atoms with Gasteiger partial charge in [0.25, 0.3) is 0 Å². The number of rotatable bonds is 4. The number of nitrogens with zero attached hydrogens (tertiary/aromatic N) is 2. The lowest BCUT2D eigenvalue weighted by Crippen LogP contribution is -2.11. The van der Waals surface area contributed by atoms with E-state index in [1.165, 1.54) is 0 Å². The molecular formula is C10H16N2O2. The van der Waals surface area contributed by atoms with Crippen molar-refractivity contribution in [3.05, 3.63) is 17.0 Å². The van der Waals surface area contributed by atoms with Crippen LogP contribution < -0.4 is 0 Å². The zero-order valence-electron chi connectivity index (χ0n) is 9.13.